The molecule has 2 nitrogen and oxygen atoms in total. The summed E-state index contributed by atoms with van der Waals surface area (Å²) in [6.07, 6.45) is 3.21. The topological polar surface area (TPSA) is 23.5 Å². The Morgan fingerprint density at radius 3 is 2.47 bits per heavy atom. The maximum atomic E-state index is 9.62. The minimum Gasteiger partial charge on any atom is -0.393 e. The van der Waals surface area contributed by atoms with Crippen LogP contribution in [0.3, 0.4) is 0 Å². The van der Waals surface area contributed by atoms with Crippen molar-refractivity contribution >= 4 is 0 Å². The highest BCUT2D eigenvalue weighted by Crippen LogP contribution is 2.26. The van der Waals surface area contributed by atoms with E-state index in [1.807, 2.05) is 6.92 Å². The largest absolute Gasteiger partial charge is 0.393 e. The molecule has 1 fully saturated rings. The highest BCUT2D eigenvalue weighted by molar-refractivity contribution is 5.37. The SMILES string of the molecule is Cc1cc(C)c(CN2CCCC2CC(C)O)c(C)c1. The zero-order valence-electron chi connectivity index (χ0n) is 12.7. The van der Waals surface area contributed by atoms with Crippen LogP contribution in [0.5, 0.6) is 0 Å². The third kappa shape index (κ3) is 3.58. The lowest BCUT2D eigenvalue weighted by Crippen LogP contribution is -2.32. The maximum Gasteiger partial charge on any atom is 0.0527 e. The summed E-state index contributed by atoms with van der Waals surface area (Å²) in [6, 6.07) is 5.12. The molecule has 1 aromatic carbocycles. The Morgan fingerprint density at radius 2 is 1.89 bits per heavy atom. The van der Waals surface area contributed by atoms with Gasteiger partial charge in [-0.25, -0.2) is 0 Å². The Balaban J connectivity index is 2.12. The molecule has 19 heavy (non-hydrogen) atoms. The van der Waals surface area contributed by atoms with E-state index >= 15 is 0 Å². The number of hydrogen-bond acceptors (Lipinski definition) is 2. The normalized spacial score (nSPS) is 21.8. The van der Waals surface area contributed by atoms with E-state index in [2.05, 4.69) is 37.8 Å². The van der Waals surface area contributed by atoms with Crippen LogP contribution < -0.4 is 0 Å². The number of likely N-dealkylation sites (tertiary alicyclic amines) is 1. The molecule has 1 aromatic rings. The van der Waals surface area contributed by atoms with Crippen LogP contribution in [-0.2, 0) is 6.54 Å². The summed E-state index contributed by atoms with van der Waals surface area (Å²) in [5.74, 6) is 0. The van der Waals surface area contributed by atoms with Gasteiger partial charge < -0.3 is 5.11 Å². The van der Waals surface area contributed by atoms with Crippen LogP contribution in [0.25, 0.3) is 0 Å². The number of aryl methyl sites for hydroxylation is 3. The molecule has 1 aliphatic heterocycles. The first-order valence-electron chi connectivity index (χ1n) is 7.46. The molecule has 2 unspecified atom stereocenters. The van der Waals surface area contributed by atoms with Crippen LogP contribution in [0.4, 0.5) is 0 Å². The molecule has 0 aliphatic carbocycles. The van der Waals surface area contributed by atoms with Crippen molar-refractivity contribution in [1.29, 1.82) is 0 Å². The van der Waals surface area contributed by atoms with Gasteiger partial charge in [-0.3, -0.25) is 4.90 Å². The minimum absolute atomic E-state index is 0.189. The van der Waals surface area contributed by atoms with E-state index in [1.54, 1.807) is 0 Å². The smallest absolute Gasteiger partial charge is 0.0527 e. The van der Waals surface area contributed by atoms with Gasteiger partial charge in [0, 0.05) is 12.6 Å². The number of hydrogen-bond donors (Lipinski definition) is 1. The Morgan fingerprint density at radius 1 is 1.26 bits per heavy atom. The molecule has 106 valence electrons. The summed E-state index contributed by atoms with van der Waals surface area (Å²) < 4.78 is 0. The van der Waals surface area contributed by atoms with Gasteiger partial charge in [0.25, 0.3) is 0 Å². The zero-order valence-corrected chi connectivity index (χ0v) is 12.7. The number of benzene rings is 1. The maximum absolute atomic E-state index is 9.62. The van der Waals surface area contributed by atoms with Crippen molar-refractivity contribution in [2.45, 2.75) is 65.6 Å². The summed E-state index contributed by atoms with van der Waals surface area (Å²) in [5, 5.41) is 9.62. The molecule has 2 atom stereocenters. The predicted octanol–water partition coefficient (Wildman–Crippen LogP) is 3.35. The highest BCUT2D eigenvalue weighted by Gasteiger charge is 2.26. The van der Waals surface area contributed by atoms with Gasteiger partial charge in [0.1, 0.15) is 0 Å². The predicted molar refractivity (Wildman–Crippen MR) is 80.4 cm³/mol. The van der Waals surface area contributed by atoms with E-state index in [1.165, 1.54) is 41.6 Å². The van der Waals surface area contributed by atoms with Crippen LogP contribution in [-0.4, -0.2) is 28.7 Å². The molecule has 1 heterocycles. The fraction of sp³-hybridized carbons (Fsp3) is 0.647. The molecule has 2 rings (SSSR count). The number of aliphatic hydroxyl groups excluding tert-OH is 1. The Kier molecular flexibility index (Phi) is 4.64. The quantitative estimate of drug-likeness (QED) is 0.898. The van der Waals surface area contributed by atoms with Gasteiger partial charge in [-0.1, -0.05) is 17.7 Å². The van der Waals surface area contributed by atoms with Crippen molar-refractivity contribution in [1.82, 2.24) is 4.90 Å². The summed E-state index contributed by atoms with van der Waals surface area (Å²) in [6.45, 7) is 10.7. The van der Waals surface area contributed by atoms with Crippen molar-refractivity contribution in [3.05, 3.63) is 34.4 Å². The Bertz CT molecular complexity index is 416. The molecular weight excluding hydrogens is 234 g/mol. The summed E-state index contributed by atoms with van der Waals surface area (Å²) >= 11 is 0. The molecule has 0 aromatic heterocycles. The molecule has 1 saturated heterocycles. The second-order valence-corrected chi connectivity index (χ2v) is 6.23. The number of rotatable bonds is 4. The fourth-order valence-electron chi connectivity index (χ4n) is 3.43. The fourth-order valence-corrected chi connectivity index (χ4v) is 3.43. The number of aliphatic hydroxyl groups is 1. The molecule has 1 aliphatic rings. The molecule has 0 spiro atoms. The molecule has 1 N–H and O–H groups in total. The zero-order chi connectivity index (χ0) is 14.0. The molecule has 0 amide bonds. The highest BCUT2D eigenvalue weighted by atomic mass is 16.3. The number of nitrogens with zero attached hydrogens (tertiary/aromatic N) is 1. The first-order chi connectivity index (χ1) is 8.97. The standard InChI is InChI=1S/C17H27NO/c1-12-8-13(2)17(14(3)9-12)11-18-7-5-6-16(18)10-15(4)19/h8-9,15-16,19H,5-7,10-11H2,1-4H3. The summed E-state index contributed by atoms with van der Waals surface area (Å²) in [4.78, 5) is 2.55. The van der Waals surface area contributed by atoms with Crippen molar-refractivity contribution < 1.29 is 5.11 Å². The van der Waals surface area contributed by atoms with Gasteiger partial charge >= 0.3 is 0 Å². The van der Waals surface area contributed by atoms with Crippen molar-refractivity contribution in [3.63, 3.8) is 0 Å². The summed E-state index contributed by atoms with van der Waals surface area (Å²) in [5.41, 5.74) is 5.63. The molecule has 2 heteroatoms. The van der Waals surface area contributed by atoms with Gasteiger partial charge in [0.15, 0.2) is 0 Å². The second-order valence-electron chi connectivity index (χ2n) is 6.23. The van der Waals surface area contributed by atoms with Crippen LogP contribution in [0.1, 0.15) is 48.4 Å². The Labute approximate surface area is 117 Å². The van der Waals surface area contributed by atoms with E-state index in [4.69, 9.17) is 0 Å². The van der Waals surface area contributed by atoms with Crippen molar-refractivity contribution in [3.8, 4) is 0 Å². The molecule has 0 radical (unpaired) electrons. The average molecular weight is 261 g/mol. The molecule has 0 bridgehead atoms. The first-order valence-corrected chi connectivity index (χ1v) is 7.46. The van der Waals surface area contributed by atoms with E-state index in [0.29, 0.717) is 6.04 Å². The minimum atomic E-state index is -0.189. The van der Waals surface area contributed by atoms with E-state index in [-0.39, 0.29) is 6.10 Å². The van der Waals surface area contributed by atoms with Crippen molar-refractivity contribution in [2.75, 3.05) is 6.54 Å². The van der Waals surface area contributed by atoms with E-state index in [0.717, 1.165) is 13.0 Å². The van der Waals surface area contributed by atoms with Crippen LogP contribution in [0, 0.1) is 20.8 Å². The van der Waals surface area contributed by atoms with Crippen LogP contribution in [0.15, 0.2) is 12.1 Å². The van der Waals surface area contributed by atoms with Gasteiger partial charge in [-0.05, 0) is 70.2 Å². The second kappa shape index (κ2) is 6.06. The molecular formula is C17H27NO. The monoisotopic (exact) mass is 261 g/mol. The Hall–Kier alpha value is -0.860. The first kappa shape index (κ1) is 14.5. The average Bonchev–Trinajstić information content (AvgIpc) is 2.70. The van der Waals surface area contributed by atoms with Gasteiger partial charge in [-0.15, -0.1) is 0 Å². The van der Waals surface area contributed by atoms with E-state index in [9.17, 15) is 5.11 Å². The summed E-state index contributed by atoms with van der Waals surface area (Å²) in [7, 11) is 0. The third-order valence-electron chi connectivity index (χ3n) is 4.31. The third-order valence-corrected chi connectivity index (χ3v) is 4.31. The van der Waals surface area contributed by atoms with E-state index < -0.39 is 0 Å². The lowest BCUT2D eigenvalue weighted by Gasteiger charge is -2.27. The lowest BCUT2D eigenvalue weighted by molar-refractivity contribution is 0.130. The van der Waals surface area contributed by atoms with Gasteiger partial charge in [-0.2, -0.15) is 0 Å². The van der Waals surface area contributed by atoms with Crippen LogP contribution in [0.2, 0.25) is 0 Å². The van der Waals surface area contributed by atoms with Gasteiger partial charge in [0.2, 0.25) is 0 Å². The lowest BCUT2D eigenvalue weighted by atomic mass is 9.98. The molecule has 0 saturated carbocycles. The van der Waals surface area contributed by atoms with Crippen LogP contribution >= 0.6 is 0 Å². The van der Waals surface area contributed by atoms with Crippen molar-refractivity contribution in [2.24, 2.45) is 0 Å². The van der Waals surface area contributed by atoms with Gasteiger partial charge in [0.05, 0.1) is 6.10 Å².